The summed E-state index contributed by atoms with van der Waals surface area (Å²) in [5.74, 6) is -0.424. The van der Waals surface area contributed by atoms with Crippen LogP contribution in [0.3, 0.4) is 0 Å². The van der Waals surface area contributed by atoms with Gasteiger partial charge in [-0.15, -0.1) is 0 Å². The van der Waals surface area contributed by atoms with Crippen molar-refractivity contribution in [1.29, 1.82) is 0 Å². The molecule has 0 bridgehead atoms. The van der Waals surface area contributed by atoms with E-state index in [9.17, 15) is 9.59 Å². The third-order valence-electron chi connectivity index (χ3n) is 2.81. The summed E-state index contributed by atoms with van der Waals surface area (Å²) in [5.41, 5.74) is 6.87. The van der Waals surface area contributed by atoms with Crippen LogP contribution in [-0.2, 0) is 11.3 Å². The molecule has 0 fully saturated rings. The number of nitrogens with zero attached hydrogens (tertiary/aromatic N) is 1. The number of hydrogen-bond donors (Lipinski definition) is 1. The molecule has 2 aromatic carbocycles. The van der Waals surface area contributed by atoms with Crippen molar-refractivity contribution in [3.05, 3.63) is 78.2 Å². The van der Waals surface area contributed by atoms with Gasteiger partial charge >= 0.3 is 6.03 Å². The highest BCUT2D eigenvalue weighted by molar-refractivity contribution is 6.00. The lowest BCUT2D eigenvalue weighted by molar-refractivity contribution is -0.124. The summed E-state index contributed by atoms with van der Waals surface area (Å²) in [6.45, 7) is 0.165. The number of primary amides is 1. The zero-order valence-electron chi connectivity index (χ0n) is 10.9. The largest absolute Gasteiger partial charge is 0.351 e. The Morgan fingerprint density at radius 1 is 0.950 bits per heavy atom. The topological polar surface area (TPSA) is 63.4 Å². The van der Waals surface area contributed by atoms with Crippen molar-refractivity contribution in [2.75, 3.05) is 0 Å². The van der Waals surface area contributed by atoms with E-state index in [0.29, 0.717) is 0 Å². The first-order valence-corrected chi connectivity index (χ1v) is 6.21. The van der Waals surface area contributed by atoms with Crippen LogP contribution in [-0.4, -0.2) is 16.8 Å². The Labute approximate surface area is 117 Å². The van der Waals surface area contributed by atoms with Gasteiger partial charge in [-0.2, -0.15) is 0 Å². The van der Waals surface area contributed by atoms with E-state index in [1.54, 1.807) is 12.1 Å². The van der Waals surface area contributed by atoms with E-state index >= 15 is 0 Å². The molecule has 0 aliphatic heterocycles. The monoisotopic (exact) mass is 267 g/mol. The number of carbonyl (C=O) groups is 2. The van der Waals surface area contributed by atoms with Crippen molar-refractivity contribution in [1.82, 2.24) is 4.90 Å². The smallest absolute Gasteiger partial charge is 0.321 e. The molecule has 4 nitrogen and oxygen atoms in total. The molecule has 4 heteroatoms. The summed E-state index contributed by atoms with van der Waals surface area (Å²) in [7, 11) is 0. The Morgan fingerprint density at radius 2 is 1.50 bits per heavy atom. The third kappa shape index (κ3) is 3.68. The number of nitrogens with two attached hydrogens (primary N) is 1. The first-order valence-electron chi connectivity index (χ1n) is 6.21. The SMILES string of the molecule is NC(=O)N(Cc1ccccc1)C(=O)[CH]c1ccccc1. The fourth-order valence-electron chi connectivity index (χ4n) is 1.80. The molecule has 101 valence electrons. The summed E-state index contributed by atoms with van der Waals surface area (Å²) in [5, 5.41) is 0. The van der Waals surface area contributed by atoms with Crippen molar-refractivity contribution < 1.29 is 9.59 Å². The van der Waals surface area contributed by atoms with Gasteiger partial charge in [0.05, 0.1) is 13.0 Å². The highest BCUT2D eigenvalue weighted by Crippen LogP contribution is 2.09. The summed E-state index contributed by atoms with van der Waals surface area (Å²) in [6, 6.07) is 17.6. The maximum absolute atomic E-state index is 12.1. The summed E-state index contributed by atoms with van der Waals surface area (Å²) >= 11 is 0. The average Bonchev–Trinajstić information content (AvgIpc) is 2.46. The van der Waals surface area contributed by atoms with Crippen molar-refractivity contribution in [2.24, 2.45) is 5.73 Å². The van der Waals surface area contributed by atoms with Crippen LogP contribution in [0.4, 0.5) is 4.79 Å². The lowest BCUT2D eigenvalue weighted by atomic mass is 10.1. The molecule has 0 aliphatic rings. The number of hydrogen-bond acceptors (Lipinski definition) is 2. The number of rotatable bonds is 4. The number of benzene rings is 2. The van der Waals surface area contributed by atoms with Gasteiger partial charge in [0.2, 0.25) is 5.91 Å². The summed E-state index contributed by atoms with van der Waals surface area (Å²) in [6.07, 6.45) is 1.40. The van der Waals surface area contributed by atoms with Gasteiger partial charge in [-0.05, 0) is 11.1 Å². The molecule has 3 amide bonds. The maximum atomic E-state index is 12.1. The second-order valence-electron chi connectivity index (χ2n) is 4.30. The van der Waals surface area contributed by atoms with Crippen LogP contribution in [0.1, 0.15) is 11.1 Å². The van der Waals surface area contributed by atoms with E-state index < -0.39 is 11.9 Å². The minimum Gasteiger partial charge on any atom is -0.351 e. The Hall–Kier alpha value is -2.62. The minimum absolute atomic E-state index is 0.165. The molecule has 0 spiro atoms. The minimum atomic E-state index is -0.758. The number of imide groups is 1. The molecule has 2 aromatic rings. The Bertz CT molecular complexity index is 582. The van der Waals surface area contributed by atoms with E-state index in [-0.39, 0.29) is 6.54 Å². The van der Waals surface area contributed by atoms with Crippen molar-refractivity contribution in [2.45, 2.75) is 6.54 Å². The zero-order valence-corrected chi connectivity index (χ0v) is 10.9. The fraction of sp³-hybridized carbons (Fsp3) is 0.0625. The van der Waals surface area contributed by atoms with Gasteiger partial charge in [0.25, 0.3) is 0 Å². The molecule has 2 rings (SSSR count). The zero-order chi connectivity index (χ0) is 14.4. The normalized spacial score (nSPS) is 10.0. The second kappa shape index (κ2) is 6.52. The Morgan fingerprint density at radius 3 is 2.05 bits per heavy atom. The van der Waals surface area contributed by atoms with Crippen LogP contribution in [0.25, 0.3) is 0 Å². The molecule has 0 unspecified atom stereocenters. The average molecular weight is 267 g/mol. The lowest BCUT2D eigenvalue weighted by Crippen LogP contribution is -2.40. The molecular weight excluding hydrogens is 252 g/mol. The predicted molar refractivity (Wildman–Crippen MR) is 76.4 cm³/mol. The van der Waals surface area contributed by atoms with E-state index in [0.717, 1.165) is 16.0 Å². The summed E-state index contributed by atoms with van der Waals surface area (Å²) < 4.78 is 0. The second-order valence-corrected chi connectivity index (χ2v) is 4.30. The van der Waals surface area contributed by atoms with E-state index in [2.05, 4.69) is 0 Å². The Kier molecular flexibility index (Phi) is 4.50. The molecule has 0 aromatic heterocycles. The number of carbonyl (C=O) groups excluding carboxylic acids is 2. The van der Waals surface area contributed by atoms with Gasteiger partial charge in [-0.3, -0.25) is 9.69 Å². The molecule has 20 heavy (non-hydrogen) atoms. The van der Waals surface area contributed by atoms with Gasteiger partial charge in [0.1, 0.15) is 0 Å². The molecular formula is C16H15N2O2. The standard InChI is InChI=1S/C16H15N2O2/c17-16(20)18(12-14-9-5-2-6-10-14)15(19)11-13-7-3-1-4-8-13/h1-11H,12H2,(H2,17,20). The molecule has 0 aliphatic carbocycles. The first-order chi connectivity index (χ1) is 9.66. The van der Waals surface area contributed by atoms with E-state index in [4.69, 9.17) is 5.73 Å². The third-order valence-corrected chi connectivity index (χ3v) is 2.81. The van der Waals surface area contributed by atoms with Gasteiger partial charge in [-0.1, -0.05) is 60.7 Å². The fourth-order valence-corrected chi connectivity index (χ4v) is 1.80. The molecule has 0 atom stereocenters. The number of urea groups is 1. The van der Waals surface area contributed by atoms with Gasteiger partial charge in [0, 0.05) is 0 Å². The summed E-state index contributed by atoms with van der Waals surface area (Å²) in [4.78, 5) is 24.6. The van der Waals surface area contributed by atoms with Crippen molar-refractivity contribution in [3.63, 3.8) is 0 Å². The molecule has 2 N–H and O–H groups in total. The van der Waals surface area contributed by atoms with Gasteiger partial charge in [0.15, 0.2) is 0 Å². The van der Waals surface area contributed by atoms with Crippen molar-refractivity contribution in [3.8, 4) is 0 Å². The molecule has 0 heterocycles. The maximum Gasteiger partial charge on any atom is 0.321 e. The van der Waals surface area contributed by atoms with Gasteiger partial charge in [-0.25, -0.2) is 4.79 Å². The van der Waals surface area contributed by atoms with Crippen LogP contribution in [0.15, 0.2) is 60.7 Å². The van der Waals surface area contributed by atoms with Crippen LogP contribution in [0.2, 0.25) is 0 Å². The number of amides is 3. The predicted octanol–water partition coefficient (Wildman–Crippen LogP) is 2.35. The first kappa shape index (κ1) is 13.8. The van der Waals surface area contributed by atoms with E-state index in [1.807, 2.05) is 48.5 Å². The lowest BCUT2D eigenvalue weighted by Gasteiger charge is -2.18. The van der Waals surface area contributed by atoms with Crippen LogP contribution >= 0.6 is 0 Å². The van der Waals surface area contributed by atoms with E-state index in [1.165, 1.54) is 6.42 Å². The highest BCUT2D eigenvalue weighted by atomic mass is 16.2. The highest BCUT2D eigenvalue weighted by Gasteiger charge is 2.19. The molecule has 0 saturated carbocycles. The molecule has 0 saturated heterocycles. The molecule has 1 radical (unpaired) electrons. The van der Waals surface area contributed by atoms with Crippen LogP contribution < -0.4 is 5.73 Å². The van der Waals surface area contributed by atoms with Gasteiger partial charge < -0.3 is 5.73 Å². The quantitative estimate of drug-likeness (QED) is 0.924. The van der Waals surface area contributed by atoms with Crippen LogP contribution in [0.5, 0.6) is 0 Å². The van der Waals surface area contributed by atoms with Crippen LogP contribution in [0, 0.1) is 6.42 Å². The van der Waals surface area contributed by atoms with Crippen molar-refractivity contribution >= 4 is 11.9 Å². The Balaban J connectivity index is 2.09.